The zero-order valence-corrected chi connectivity index (χ0v) is 11.9. The quantitative estimate of drug-likeness (QED) is 0.871. The molecular weight excluding hydrogens is 294 g/mol. The molecule has 18 heavy (non-hydrogen) atoms. The summed E-state index contributed by atoms with van der Waals surface area (Å²) < 4.78 is 2.68. The summed E-state index contributed by atoms with van der Waals surface area (Å²) in [5.74, 6) is 0.805. The predicted octanol–water partition coefficient (Wildman–Crippen LogP) is 2.62. The van der Waals surface area contributed by atoms with Crippen LogP contribution in [0.15, 0.2) is 23.2 Å². The number of nitrogens with zero attached hydrogens (tertiary/aromatic N) is 5. The monoisotopic (exact) mass is 307 g/mol. The van der Waals surface area contributed by atoms with Crippen LogP contribution in [-0.4, -0.2) is 27.0 Å². The van der Waals surface area contributed by atoms with E-state index in [1.807, 2.05) is 16.8 Å². The van der Waals surface area contributed by atoms with Gasteiger partial charge in [0, 0.05) is 31.2 Å². The highest BCUT2D eigenvalue weighted by molar-refractivity contribution is 9.10. The zero-order valence-electron chi connectivity index (χ0n) is 10.3. The summed E-state index contributed by atoms with van der Waals surface area (Å²) in [6, 6.07) is 2.44. The summed E-state index contributed by atoms with van der Waals surface area (Å²) in [5.41, 5.74) is 0.810. The van der Waals surface area contributed by atoms with Crippen LogP contribution in [0, 0.1) is 11.3 Å². The lowest BCUT2D eigenvalue weighted by molar-refractivity contribution is 0.676. The van der Waals surface area contributed by atoms with Crippen molar-refractivity contribution in [1.82, 2.24) is 14.4 Å². The average Bonchev–Trinajstić information content (AvgIpc) is 2.76. The molecule has 2 aromatic rings. The van der Waals surface area contributed by atoms with E-state index in [2.05, 4.69) is 50.7 Å². The van der Waals surface area contributed by atoms with Gasteiger partial charge in [-0.05, 0) is 29.8 Å². The van der Waals surface area contributed by atoms with Crippen molar-refractivity contribution < 1.29 is 0 Å². The predicted molar refractivity (Wildman–Crippen MR) is 73.4 cm³/mol. The van der Waals surface area contributed by atoms with Gasteiger partial charge in [0.1, 0.15) is 4.60 Å². The van der Waals surface area contributed by atoms with Crippen LogP contribution < -0.4 is 4.90 Å². The highest BCUT2D eigenvalue weighted by Crippen LogP contribution is 2.22. The first-order valence-electron chi connectivity index (χ1n) is 5.76. The van der Waals surface area contributed by atoms with Gasteiger partial charge in [-0.25, -0.2) is 9.97 Å². The van der Waals surface area contributed by atoms with Crippen LogP contribution in [0.2, 0.25) is 0 Å². The molecule has 0 aliphatic rings. The van der Waals surface area contributed by atoms with Crippen molar-refractivity contribution in [2.75, 3.05) is 11.4 Å². The van der Waals surface area contributed by atoms with Gasteiger partial charge in [0.05, 0.1) is 12.5 Å². The SMILES string of the molecule is CC(C)N(CCC#N)c1nc(Br)cn2ccnc12. The van der Waals surface area contributed by atoms with Crippen molar-refractivity contribution in [2.24, 2.45) is 0 Å². The molecule has 0 bridgehead atoms. The van der Waals surface area contributed by atoms with Crippen LogP contribution >= 0.6 is 15.9 Å². The number of hydrogen-bond acceptors (Lipinski definition) is 4. The largest absolute Gasteiger partial charge is 0.350 e. The van der Waals surface area contributed by atoms with Crippen LogP contribution in [-0.2, 0) is 0 Å². The van der Waals surface area contributed by atoms with E-state index in [1.165, 1.54) is 0 Å². The molecule has 0 N–H and O–H groups in total. The second-order valence-corrected chi connectivity index (χ2v) is 5.05. The number of nitriles is 1. The molecule has 2 rings (SSSR count). The summed E-state index contributed by atoms with van der Waals surface area (Å²) in [6.45, 7) is 4.82. The van der Waals surface area contributed by atoms with Gasteiger partial charge in [0.2, 0.25) is 0 Å². The molecule has 0 saturated carbocycles. The maximum absolute atomic E-state index is 8.74. The summed E-state index contributed by atoms with van der Waals surface area (Å²) >= 11 is 3.40. The fourth-order valence-corrected chi connectivity index (χ4v) is 2.25. The summed E-state index contributed by atoms with van der Waals surface area (Å²) in [5, 5.41) is 8.74. The number of rotatable bonds is 4. The van der Waals surface area contributed by atoms with Gasteiger partial charge < -0.3 is 9.30 Å². The van der Waals surface area contributed by atoms with Crippen LogP contribution in [0.1, 0.15) is 20.3 Å². The van der Waals surface area contributed by atoms with E-state index in [0.29, 0.717) is 13.0 Å². The second kappa shape index (κ2) is 5.36. The van der Waals surface area contributed by atoms with Gasteiger partial charge in [-0.3, -0.25) is 0 Å². The highest BCUT2D eigenvalue weighted by atomic mass is 79.9. The molecule has 0 spiro atoms. The number of fused-ring (bicyclic) bond motifs is 1. The molecule has 5 nitrogen and oxygen atoms in total. The molecule has 2 aromatic heterocycles. The lowest BCUT2D eigenvalue weighted by atomic mass is 10.3. The third-order valence-corrected chi connectivity index (χ3v) is 3.07. The third kappa shape index (κ3) is 2.46. The lowest BCUT2D eigenvalue weighted by Crippen LogP contribution is -2.33. The molecule has 0 saturated heterocycles. The molecule has 0 radical (unpaired) electrons. The summed E-state index contributed by atoms with van der Waals surface area (Å²) in [4.78, 5) is 10.9. The Hall–Kier alpha value is -1.61. The van der Waals surface area contributed by atoms with E-state index in [1.54, 1.807) is 6.20 Å². The fourth-order valence-electron chi connectivity index (χ4n) is 1.86. The van der Waals surface area contributed by atoms with Crippen molar-refractivity contribution in [2.45, 2.75) is 26.3 Å². The first-order valence-corrected chi connectivity index (χ1v) is 6.55. The molecule has 6 heteroatoms. The Morgan fingerprint density at radius 2 is 2.33 bits per heavy atom. The minimum Gasteiger partial charge on any atom is -0.350 e. The maximum atomic E-state index is 8.74. The van der Waals surface area contributed by atoms with Crippen LogP contribution in [0.25, 0.3) is 5.65 Å². The maximum Gasteiger partial charge on any atom is 0.180 e. The van der Waals surface area contributed by atoms with Gasteiger partial charge in [0.25, 0.3) is 0 Å². The third-order valence-electron chi connectivity index (χ3n) is 2.69. The smallest absolute Gasteiger partial charge is 0.180 e. The Bertz CT molecular complexity index is 584. The van der Waals surface area contributed by atoms with Gasteiger partial charge in [-0.15, -0.1) is 0 Å². The van der Waals surface area contributed by atoms with E-state index >= 15 is 0 Å². The lowest BCUT2D eigenvalue weighted by Gasteiger charge is -2.27. The van der Waals surface area contributed by atoms with E-state index in [4.69, 9.17) is 5.26 Å². The fraction of sp³-hybridized carbons (Fsp3) is 0.417. The van der Waals surface area contributed by atoms with Crippen molar-refractivity contribution >= 4 is 27.4 Å². The molecule has 0 aliphatic carbocycles. The minimum absolute atomic E-state index is 0.264. The Labute approximate surface area is 114 Å². The summed E-state index contributed by atoms with van der Waals surface area (Å²) in [7, 11) is 0. The number of anilines is 1. The van der Waals surface area contributed by atoms with Gasteiger partial charge in [-0.2, -0.15) is 5.26 Å². The van der Waals surface area contributed by atoms with Gasteiger partial charge in [-0.1, -0.05) is 0 Å². The zero-order chi connectivity index (χ0) is 13.1. The molecule has 2 heterocycles. The van der Waals surface area contributed by atoms with Crippen molar-refractivity contribution in [3.63, 3.8) is 0 Å². The standard InChI is InChI=1S/C12H14BrN5/c1-9(2)18(6-3-4-14)12-11-15-5-7-17(11)8-10(13)16-12/h5,7-9H,3,6H2,1-2H3. The molecule has 0 atom stereocenters. The molecule has 0 amide bonds. The molecule has 0 fully saturated rings. The number of hydrogen-bond donors (Lipinski definition) is 0. The molecule has 0 aliphatic heterocycles. The number of aromatic nitrogens is 3. The topological polar surface area (TPSA) is 57.2 Å². The van der Waals surface area contributed by atoms with Crippen LogP contribution in [0.5, 0.6) is 0 Å². The Morgan fingerprint density at radius 1 is 1.56 bits per heavy atom. The molecular formula is C12H14BrN5. The Balaban J connectivity index is 2.49. The highest BCUT2D eigenvalue weighted by Gasteiger charge is 2.17. The minimum atomic E-state index is 0.264. The van der Waals surface area contributed by atoms with Crippen molar-refractivity contribution in [3.8, 4) is 6.07 Å². The first kappa shape index (κ1) is 12.8. The molecule has 94 valence electrons. The van der Waals surface area contributed by atoms with E-state index < -0.39 is 0 Å². The Kier molecular flexibility index (Phi) is 3.82. The Morgan fingerprint density at radius 3 is 3.00 bits per heavy atom. The van der Waals surface area contributed by atoms with Crippen molar-refractivity contribution in [3.05, 3.63) is 23.2 Å². The van der Waals surface area contributed by atoms with Crippen LogP contribution in [0.4, 0.5) is 5.82 Å². The molecule has 0 unspecified atom stereocenters. The number of imidazole rings is 1. The molecule has 0 aromatic carbocycles. The average molecular weight is 308 g/mol. The van der Waals surface area contributed by atoms with E-state index in [-0.39, 0.29) is 6.04 Å². The number of halogens is 1. The van der Waals surface area contributed by atoms with Gasteiger partial charge in [0.15, 0.2) is 11.5 Å². The van der Waals surface area contributed by atoms with E-state index in [9.17, 15) is 0 Å². The first-order chi connectivity index (χ1) is 8.63. The van der Waals surface area contributed by atoms with Gasteiger partial charge >= 0.3 is 0 Å². The van der Waals surface area contributed by atoms with Crippen LogP contribution in [0.3, 0.4) is 0 Å². The normalized spacial score (nSPS) is 10.8. The second-order valence-electron chi connectivity index (χ2n) is 4.24. The van der Waals surface area contributed by atoms with E-state index in [0.717, 1.165) is 16.1 Å². The summed E-state index contributed by atoms with van der Waals surface area (Å²) in [6.07, 6.45) is 5.97. The van der Waals surface area contributed by atoms with Crippen molar-refractivity contribution in [1.29, 1.82) is 5.26 Å².